The first-order valence-corrected chi connectivity index (χ1v) is 13.4. The molecule has 1 atom stereocenters. The number of hydrogen-bond donors (Lipinski definition) is 1. The Morgan fingerprint density at radius 3 is 2.37 bits per heavy atom. The predicted octanol–water partition coefficient (Wildman–Crippen LogP) is 3.23. The molecule has 2 aliphatic heterocycles. The molecule has 0 aliphatic carbocycles. The summed E-state index contributed by atoms with van der Waals surface area (Å²) in [6, 6.07) is 5.37. The van der Waals surface area contributed by atoms with Crippen molar-refractivity contribution in [2.24, 2.45) is 5.73 Å². The number of nitrogens with zero attached hydrogens (tertiary/aromatic N) is 4. The smallest absolute Gasteiger partial charge is 0.414 e. The Morgan fingerprint density at radius 1 is 1.05 bits per heavy atom. The second-order valence-corrected chi connectivity index (χ2v) is 9.76. The number of carbonyl (C=O) groups is 2. The lowest BCUT2D eigenvalue weighted by atomic mass is 10.1. The molecule has 0 bridgehead atoms. The van der Waals surface area contributed by atoms with Crippen molar-refractivity contribution < 1.29 is 32.2 Å². The van der Waals surface area contributed by atoms with Crippen molar-refractivity contribution >= 4 is 40.0 Å². The van der Waals surface area contributed by atoms with Crippen LogP contribution >= 0.6 is 0 Å². The fourth-order valence-electron chi connectivity index (χ4n) is 5.32. The fourth-order valence-corrected chi connectivity index (χ4v) is 5.32. The van der Waals surface area contributed by atoms with Gasteiger partial charge in [0.2, 0.25) is 5.43 Å². The number of hydrogen-bond acceptors (Lipinski definition) is 8. The van der Waals surface area contributed by atoms with Crippen LogP contribution in [0, 0.1) is 17.5 Å². The first kappa shape index (κ1) is 28.3. The first-order valence-electron chi connectivity index (χ1n) is 13.4. The van der Waals surface area contributed by atoms with Gasteiger partial charge in [0, 0.05) is 45.5 Å². The number of ether oxygens (including phenoxy) is 2. The molecule has 2 aromatic carbocycles. The molecule has 2 N–H and O–H groups in total. The minimum absolute atomic E-state index is 0.0480. The average Bonchev–Trinajstić information content (AvgIpc) is 3.34. The number of fused-ring (bicyclic) bond motifs is 1. The highest BCUT2D eigenvalue weighted by molar-refractivity contribution is 5.95. The second kappa shape index (κ2) is 11.3. The Morgan fingerprint density at radius 2 is 1.76 bits per heavy atom. The molecule has 41 heavy (non-hydrogen) atoms. The van der Waals surface area contributed by atoms with E-state index in [1.807, 2.05) is 0 Å². The Kier molecular flexibility index (Phi) is 7.80. The monoisotopic (exact) mass is 573 g/mol. The van der Waals surface area contributed by atoms with Gasteiger partial charge in [0.05, 0.1) is 35.4 Å². The van der Waals surface area contributed by atoms with Gasteiger partial charge >= 0.3 is 12.1 Å². The van der Waals surface area contributed by atoms with Gasteiger partial charge in [-0.1, -0.05) is 0 Å². The van der Waals surface area contributed by atoms with Crippen molar-refractivity contribution in [2.45, 2.75) is 26.5 Å². The molecule has 13 heteroatoms. The maximum Gasteiger partial charge on any atom is 0.414 e. The van der Waals surface area contributed by atoms with Gasteiger partial charge in [0.15, 0.2) is 5.82 Å². The van der Waals surface area contributed by atoms with Gasteiger partial charge in [-0.05, 0) is 38.1 Å². The maximum absolute atomic E-state index is 15.9. The third kappa shape index (κ3) is 5.05. The summed E-state index contributed by atoms with van der Waals surface area (Å²) in [6.07, 6.45) is 0.183. The standard InChI is InChI=1S/C28H30F3N5O5/c1-3-33-15-19(27(38)40-4-2)26(37)18-12-21(30)25(23(31)24(18)33)35-9-7-34(8-10-35)22-6-5-16(11-20(22)29)36-14-17(13-32)41-28(36)39/h5-6,11-12,15,17H,3-4,7-10,13-14,32H2,1-2H3. The number of nitrogens with two attached hydrogens (primary N) is 1. The average molecular weight is 574 g/mol. The van der Waals surface area contributed by atoms with Gasteiger partial charge < -0.3 is 29.6 Å². The molecule has 5 rings (SSSR count). The van der Waals surface area contributed by atoms with Gasteiger partial charge in [-0.3, -0.25) is 9.69 Å². The van der Waals surface area contributed by atoms with Crippen LogP contribution in [-0.2, 0) is 16.0 Å². The number of piperazine rings is 1. The van der Waals surface area contributed by atoms with Gasteiger partial charge in [0.25, 0.3) is 0 Å². The Hall–Kier alpha value is -4.26. The van der Waals surface area contributed by atoms with Gasteiger partial charge in [0.1, 0.15) is 29.0 Å². The van der Waals surface area contributed by atoms with E-state index in [1.165, 1.54) is 26.6 Å². The largest absolute Gasteiger partial charge is 0.462 e. The molecule has 3 heterocycles. The molecule has 1 amide bonds. The Bertz CT molecular complexity index is 1570. The van der Waals surface area contributed by atoms with Crippen LogP contribution in [-0.4, -0.2) is 68.6 Å². The van der Waals surface area contributed by atoms with Crippen molar-refractivity contribution in [2.75, 3.05) is 60.6 Å². The summed E-state index contributed by atoms with van der Waals surface area (Å²) in [5.74, 6) is -3.25. The topological polar surface area (TPSA) is 110 Å². The lowest BCUT2D eigenvalue weighted by Crippen LogP contribution is -2.47. The minimum Gasteiger partial charge on any atom is -0.462 e. The van der Waals surface area contributed by atoms with Crippen LogP contribution in [0.15, 0.2) is 35.3 Å². The summed E-state index contributed by atoms with van der Waals surface area (Å²) < 4.78 is 57.8. The van der Waals surface area contributed by atoms with Gasteiger partial charge in [-0.15, -0.1) is 0 Å². The van der Waals surface area contributed by atoms with Crippen LogP contribution in [0.4, 0.5) is 35.0 Å². The zero-order valence-electron chi connectivity index (χ0n) is 22.7. The zero-order valence-corrected chi connectivity index (χ0v) is 22.7. The van der Waals surface area contributed by atoms with Crippen LogP contribution in [0.5, 0.6) is 0 Å². The molecule has 0 radical (unpaired) electrons. The second-order valence-electron chi connectivity index (χ2n) is 9.76. The summed E-state index contributed by atoms with van der Waals surface area (Å²) >= 11 is 0. The first-order chi connectivity index (χ1) is 19.7. The molecule has 1 unspecified atom stereocenters. The minimum atomic E-state index is -0.937. The molecule has 2 fully saturated rings. The number of cyclic esters (lactones) is 1. The maximum atomic E-state index is 15.9. The predicted molar refractivity (Wildman–Crippen MR) is 147 cm³/mol. The highest BCUT2D eigenvalue weighted by Gasteiger charge is 2.33. The van der Waals surface area contributed by atoms with E-state index in [2.05, 4.69) is 0 Å². The highest BCUT2D eigenvalue weighted by atomic mass is 19.1. The lowest BCUT2D eigenvalue weighted by molar-refractivity contribution is 0.0524. The van der Waals surface area contributed by atoms with E-state index in [1.54, 1.807) is 30.9 Å². The molecular weight excluding hydrogens is 543 g/mol. The van der Waals surface area contributed by atoms with Crippen molar-refractivity contribution in [3.8, 4) is 0 Å². The van der Waals surface area contributed by atoms with Crippen LogP contribution < -0.4 is 25.9 Å². The van der Waals surface area contributed by atoms with E-state index in [-0.39, 0.29) is 74.6 Å². The third-order valence-corrected chi connectivity index (χ3v) is 7.38. The SMILES string of the molecule is CCOC(=O)c1cn(CC)c2c(F)c(N3CCN(c4ccc(N5CC(CN)OC5=O)cc4F)CC3)c(F)cc2c1=O. The molecule has 0 saturated carbocycles. The number of benzene rings is 2. The quantitative estimate of drug-likeness (QED) is 0.429. The fraction of sp³-hybridized carbons (Fsp3) is 0.393. The van der Waals surface area contributed by atoms with E-state index >= 15 is 13.2 Å². The van der Waals surface area contributed by atoms with E-state index in [0.29, 0.717) is 11.4 Å². The van der Waals surface area contributed by atoms with E-state index in [9.17, 15) is 14.4 Å². The van der Waals surface area contributed by atoms with Crippen LogP contribution in [0.2, 0.25) is 0 Å². The number of carbonyl (C=O) groups excluding carboxylic acids is 2. The molecular formula is C28H30F3N5O5. The number of amides is 1. The summed E-state index contributed by atoms with van der Waals surface area (Å²) in [7, 11) is 0. The third-order valence-electron chi connectivity index (χ3n) is 7.38. The zero-order chi connectivity index (χ0) is 29.4. The number of aryl methyl sites for hydroxylation is 1. The van der Waals surface area contributed by atoms with Gasteiger partial charge in [-0.2, -0.15) is 0 Å². The molecule has 218 valence electrons. The summed E-state index contributed by atoms with van der Waals surface area (Å²) in [6.45, 7) is 4.83. The number of rotatable bonds is 7. The normalized spacial score (nSPS) is 17.4. The number of halogens is 3. The Balaban J connectivity index is 1.39. The summed E-state index contributed by atoms with van der Waals surface area (Å²) in [4.78, 5) is 41.9. The van der Waals surface area contributed by atoms with E-state index in [4.69, 9.17) is 15.2 Å². The van der Waals surface area contributed by atoms with Gasteiger partial charge in [-0.25, -0.2) is 22.8 Å². The molecule has 3 aromatic rings. The van der Waals surface area contributed by atoms with Crippen molar-refractivity contribution in [3.05, 3.63) is 63.7 Å². The molecule has 10 nitrogen and oxygen atoms in total. The summed E-state index contributed by atoms with van der Waals surface area (Å²) in [5, 5.41) is -0.253. The molecule has 2 aliphatic rings. The summed E-state index contributed by atoms with van der Waals surface area (Å²) in [5.41, 5.74) is 4.70. The highest BCUT2D eigenvalue weighted by Crippen LogP contribution is 2.33. The molecule has 2 saturated heterocycles. The molecule has 1 aromatic heterocycles. The number of anilines is 3. The number of esters is 1. The number of pyridine rings is 1. The van der Waals surface area contributed by atoms with Crippen molar-refractivity contribution in [3.63, 3.8) is 0 Å². The van der Waals surface area contributed by atoms with E-state index < -0.39 is 41.0 Å². The van der Waals surface area contributed by atoms with Crippen LogP contribution in [0.25, 0.3) is 10.9 Å². The van der Waals surface area contributed by atoms with Crippen LogP contribution in [0.3, 0.4) is 0 Å². The van der Waals surface area contributed by atoms with E-state index in [0.717, 1.165) is 6.07 Å². The lowest BCUT2D eigenvalue weighted by Gasteiger charge is -2.38. The van der Waals surface area contributed by atoms with Crippen molar-refractivity contribution in [1.29, 1.82) is 0 Å². The molecule has 0 spiro atoms. The van der Waals surface area contributed by atoms with Crippen molar-refractivity contribution in [1.82, 2.24) is 4.57 Å². The number of aromatic nitrogens is 1. The van der Waals surface area contributed by atoms with Crippen LogP contribution in [0.1, 0.15) is 24.2 Å². The Labute approximate surface area is 233 Å².